The van der Waals surface area contributed by atoms with Crippen LogP contribution in [0.3, 0.4) is 0 Å². The Morgan fingerprint density at radius 1 is 1.00 bits per heavy atom. The van der Waals surface area contributed by atoms with E-state index in [0.717, 1.165) is 40.6 Å². The first-order chi connectivity index (χ1) is 18.0. The first-order valence-electron chi connectivity index (χ1n) is 12.6. The first kappa shape index (κ1) is 22.0. The molecule has 7 rings (SSSR count). The van der Waals surface area contributed by atoms with Crippen LogP contribution in [-0.4, -0.2) is 51.4 Å². The van der Waals surface area contributed by atoms with E-state index < -0.39 is 0 Å². The van der Waals surface area contributed by atoms with Crippen LogP contribution in [0.15, 0.2) is 72.8 Å². The summed E-state index contributed by atoms with van der Waals surface area (Å²) >= 11 is 0. The van der Waals surface area contributed by atoms with Crippen LogP contribution < -0.4 is 4.74 Å². The minimum absolute atomic E-state index is 0.0493. The summed E-state index contributed by atoms with van der Waals surface area (Å²) in [6.45, 7) is 1.32. The fourth-order valence-corrected chi connectivity index (χ4v) is 5.72. The second-order valence-electron chi connectivity index (χ2n) is 9.93. The molecule has 2 aromatic heterocycles. The van der Waals surface area contributed by atoms with E-state index in [-0.39, 0.29) is 23.9 Å². The number of benzene rings is 2. The normalized spacial score (nSPS) is 21.5. The summed E-state index contributed by atoms with van der Waals surface area (Å²) in [5.41, 5.74) is 4.84. The molecule has 0 saturated carbocycles. The van der Waals surface area contributed by atoms with E-state index in [0.29, 0.717) is 35.7 Å². The van der Waals surface area contributed by atoms with Gasteiger partial charge in [-0.25, -0.2) is 4.98 Å². The van der Waals surface area contributed by atoms with Crippen molar-refractivity contribution in [2.45, 2.75) is 25.0 Å². The predicted molar refractivity (Wildman–Crippen MR) is 139 cm³/mol. The molecule has 2 aromatic carbocycles. The van der Waals surface area contributed by atoms with Crippen LogP contribution in [0.1, 0.15) is 39.1 Å². The first-order valence-corrected chi connectivity index (χ1v) is 12.6. The molecule has 2 fully saturated rings. The lowest BCUT2D eigenvalue weighted by molar-refractivity contribution is -0.0303. The number of hydrogen-bond donors (Lipinski definition) is 0. The summed E-state index contributed by atoms with van der Waals surface area (Å²) in [7, 11) is 1.93. The lowest BCUT2D eigenvalue weighted by Crippen LogP contribution is -2.45. The number of fused-ring (bicyclic) bond motifs is 4. The van der Waals surface area contributed by atoms with Crippen LogP contribution in [0.25, 0.3) is 28.2 Å². The average Bonchev–Trinajstić information content (AvgIpc) is 3.56. The smallest absolute Gasteiger partial charge is 0.254 e. The van der Waals surface area contributed by atoms with Crippen molar-refractivity contribution in [2.24, 2.45) is 7.05 Å². The Morgan fingerprint density at radius 2 is 1.76 bits per heavy atom. The van der Waals surface area contributed by atoms with Gasteiger partial charge in [-0.15, -0.1) is 0 Å². The molecule has 37 heavy (non-hydrogen) atoms. The van der Waals surface area contributed by atoms with Crippen LogP contribution in [0.4, 0.5) is 0 Å². The van der Waals surface area contributed by atoms with Crippen molar-refractivity contribution in [3.63, 3.8) is 0 Å². The van der Waals surface area contributed by atoms with Gasteiger partial charge >= 0.3 is 0 Å². The standard InChI is InChI=1S/C30H25N3O4/c1-32-15-20(14-26-28(34)24-4-2-3-5-25(24)37-26)27-23(12-13-31-29(27)32)18-6-8-19(9-7-18)30(35)33-16-21-10-11-22(17-33)36-21/h2-9,12-15,21-22H,10-11,16-17H2,1H3/b26-14-. The van der Waals surface area contributed by atoms with Crippen molar-refractivity contribution >= 4 is 28.8 Å². The zero-order valence-corrected chi connectivity index (χ0v) is 20.4. The Kier molecular flexibility index (Phi) is 5.01. The Bertz CT molecular complexity index is 1590. The molecule has 2 bridgehead atoms. The van der Waals surface area contributed by atoms with E-state index in [2.05, 4.69) is 4.98 Å². The number of Topliss-reactive ketones (excluding diaryl/α,β-unsaturated/α-hetero) is 1. The Hall–Kier alpha value is -4.23. The number of rotatable bonds is 3. The van der Waals surface area contributed by atoms with Crippen LogP contribution in [0, 0.1) is 0 Å². The second kappa shape index (κ2) is 8.42. The highest BCUT2D eigenvalue weighted by Gasteiger charge is 2.36. The number of para-hydroxylation sites is 1. The van der Waals surface area contributed by atoms with Crippen molar-refractivity contribution < 1.29 is 19.1 Å². The molecule has 3 aliphatic heterocycles. The molecule has 1 amide bonds. The zero-order valence-electron chi connectivity index (χ0n) is 20.4. The number of aryl methyl sites for hydroxylation is 1. The van der Waals surface area contributed by atoms with E-state index in [1.807, 2.05) is 65.2 Å². The van der Waals surface area contributed by atoms with Gasteiger partial charge < -0.3 is 18.9 Å². The topological polar surface area (TPSA) is 73.7 Å². The minimum Gasteiger partial charge on any atom is -0.452 e. The number of aromatic nitrogens is 2. The molecule has 184 valence electrons. The molecule has 2 atom stereocenters. The average molecular weight is 492 g/mol. The van der Waals surface area contributed by atoms with Gasteiger partial charge in [-0.1, -0.05) is 24.3 Å². The highest BCUT2D eigenvalue weighted by molar-refractivity contribution is 6.15. The summed E-state index contributed by atoms with van der Waals surface area (Å²) in [6, 6.07) is 17.0. The van der Waals surface area contributed by atoms with Gasteiger partial charge in [-0.05, 0) is 60.4 Å². The van der Waals surface area contributed by atoms with Gasteiger partial charge in [0.05, 0.1) is 17.8 Å². The SMILES string of the molecule is Cn1cc(/C=C2\Oc3ccccc3C2=O)c2c(-c3ccc(C(=O)N4CC5CCC(C4)O5)cc3)ccnc21. The van der Waals surface area contributed by atoms with Crippen molar-refractivity contribution in [1.82, 2.24) is 14.5 Å². The van der Waals surface area contributed by atoms with Crippen molar-refractivity contribution in [1.29, 1.82) is 0 Å². The molecule has 4 aromatic rings. The molecule has 2 unspecified atom stereocenters. The van der Waals surface area contributed by atoms with E-state index in [4.69, 9.17) is 9.47 Å². The van der Waals surface area contributed by atoms with Gasteiger partial charge in [-0.2, -0.15) is 0 Å². The van der Waals surface area contributed by atoms with Gasteiger partial charge in [0, 0.05) is 49.0 Å². The maximum atomic E-state index is 13.2. The third-order valence-corrected chi connectivity index (χ3v) is 7.52. The van der Waals surface area contributed by atoms with E-state index in [9.17, 15) is 9.59 Å². The van der Waals surface area contributed by atoms with Crippen molar-refractivity contribution in [3.05, 3.63) is 89.4 Å². The Labute approximate surface area is 213 Å². The number of morpholine rings is 1. The quantitative estimate of drug-likeness (QED) is 0.383. The molecule has 0 spiro atoms. The third-order valence-electron chi connectivity index (χ3n) is 7.52. The Balaban J connectivity index is 1.23. The monoisotopic (exact) mass is 491 g/mol. The van der Waals surface area contributed by atoms with Crippen LogP contribution in [-0.2, 0) is 11.8 Å². The zero-order chi connectivity index (χ0) is 25.1. The fourth-order valence-electron chi connectivity index (χ4n) is 5.72. The number of likely N-dealkylation sites (tertiary alicyclic amines) is 1. The summed E-state index contributed by atoms with van der Waals surface area (Å²) in [4.78, 5) is 32.6. The lowest BCUT2D eigenvalue weighted by Gasteiger charge is -2.32. The fraction of sp³-hybridized carbons (Fsp3) is 0.233. The summed E-state index contributed by atoms with van der Waals surface area (Å²) < 4.78 is 13.7. The van der Waals surface area contributed by atoms with E-state index in [1.165, 1.54) is 0 Å². The molecule has 2 saturated heterocycles. The molecule has 7 heteroatoms. The number of carbonyl (C=O) groups is 2. The van der Waals surface area contributed by atoms with Crippen LogP contribution in [0.5, 0.6) is 5.75 Å². The largest absolute Gasteiger partial charge is 0.452 e. The number of amides is 1. The maximum absolute atomic E-state index is 13.2. The number of pyridine rings is 1. The molecule has 7 nitrogen and oxygen atoms in total. The van der Waals surface area contributed by atoms with Crippen molar-refractivity contribution in [3.8, 4) is 16.9 Å². The predicted octanol–water partition coefficient (Wildman–Crippen LogP) is 4.86. The second-order valence-corrected chi connectivity index (χ2v) is 9.93. The molecule has 0 N–H and O–H groups in total. The number of allylic oxidation sites excluding steroid dienone is 1. The number of hydrogen-bond acceptors (Lipinski definition) is 5. The lowest BCUT2D eigenvalue weighted by atomic mass is 9.99. The molecule has 0 aliphatic carbocycles. The van der Waals surface area contributed by atoms with Gasteiger partial charge in [-0.3, -0.25) is 9.59 Å². The highest BCUT2D eigenvalue weighted by atomic mass is 16.5. The third kappa shape index (κ3) is 3.65. The molecule has 0 radical (unpaired) electrons. The molecular formula is C30H25N3O4. The number of ketones is 1. The maximum Gasteiger partial charge on any atom is 0.254 e. The summed E-state index contributed by atoms with van der Waals surface area (Å²) in [5, 5.41) is 0.925. The summed E-state index contributed by atoms with van der Waals surface area (Å²) in [6.07, 6.45) is 7.93. The minimum atomic E-state index is -0.127. The van der Waals surface area contributed by atoms with Crippen molar-refractivity contribution in [2.75, 3.05) is 13.1 Å². The molecule has 3 aliphatic rings. The number of ether oxygens (including phenoxy) is 2. The van der Waals surface area contributed by atoms with E-state index in [1.54, 1.807) is 24.4 Å². The van der Waals surface area contributed by atoms with Crippen LogP contribution in [0.2, 0.25) is 0 Å². The Morgan fingerprint density at radius 3 is 2.51 bits per heavy atom. The van der Waals surface area contributed by atoms with Gasteiger partial charge in [0.25, 0.3) is 5.91 Å². The van der Waals surface area contributed by atoms with Gasteiger partial charge in [0.1, 0.15) is 11.4 Å². The number of carbonyl (C=O) groups excluding carboxylic acids is 2. The van der Waals surface area contributed by atoms with Gasteiger partial charge in [0.15, 0.2) is 5.76 Å². The molecular weight excluding hydrogens is 466 g/mol. The van der Waals surface area contributed by atoms with Gasteiger partial charge in [0.2, 0.25) is 5.78 Å². The van der Waals surface area contributed by atoms with Crippen LogP contribution >= 0.6 is 0 Å². The number of nitrogens with zero attached hydrogens (tertiary/aromatic N) is 3. The van der Waals surface area contributed by atoms with E-state index >= 15 is 0 Å². The molecule has 5 heterocycles. The highest BCUT2D eigenvalue weighted by Crippen LogP contribution is 2.36. The summed E-state index contributed by atoms with van der Waals surface area (Å²) in [5.74, 6) is 0.792.